The lowest BCUT2D eigenvalue weighted by molar-refractivity contribution is 0.104. The highest BCUT2D eigenvalue weighted by Crippen LogP contribution is 2.38. The molecule has 1 aliphatic carbocycles. The fraction of sp³-hybridized carbons (Fsp3) is 0. The number of ketones is 1. The van der Waals surface area contributed by atoms with E-state index in [2.05, 4.69) is 4.98 Å². The highest BCUT2D eigenvalue weighted by Gasteiger charge is 2.28. The molecule has 0 bridgehead atoms. The van der Waals surface area contributed by atoms with Crippen LogP contribution < -0.4 is 0 Å². The van der Waals surface area contributed by atoms with Gasteiger partial charge in [0.15, 0.2) is 5.78 Å². The molecule has 0 N–H and O–H groups in total. The molecule has 1 aromatic heterocycles. The lowest BCUT2D eigenvalue weighted by Gasteiger charge is -2.03. The third kappa shape index (κ3) is 1.07. The number of carbonyl (C=O) groups is 1. The molecule has 84 valence electrons. The summed E-state index contributed by atoms with van der Waals surface area (Å²) < 4.78 is 0. The summed E-state index contributed by atoms with van der Waals surface area (Å²) in [5.74, 6) is 0.0879. The Labute approximate surface area is 104 Å². The molecule has 2 nitrogen and oxygen atoms in total. The van der Waals surface area contributed by atoms with Crippen molar-refractivity contribution in [1.29, 1.82) is 0 Å². The minimum Gasteiger partial charge on any atom is -0.288 e. The number of hydrogen-bond donors (Lipinski definition) is 0. The Hall–Kier alpha value is -2.48. The molecule has 0 saturated heterocycles. The van der Waals surface area contributed by atoms with Gasteiger partial charge in [0.25, 0.3) is 0 Å². The first kappa shape index (κ1) is 9.54. The number of pyridine rings is 1. The van der Waals surface area contributed by atoms with Crippen LogP contribution in [0, 0.1) is 0 Å². The molecule has 0 aliphatic heterocycles. The van der Waals surface area contributed by atoms with E-state index >= 15 is 0 Å². The fourth-order valence-corrected chi connectivity index (χ4v) is 2.65. The van der Waals surface area contributed by atoms with Gasteiger partial charge in [0.1, 0.15) is 0 Å². The number of rotatable bonds is 0. The smallest absolute Gasteiger partial charge is 0.196 e. The summed E-state index contributed by atoms with van der Waals surface area (Å²) in [4.78, 5) is 16.8. The zero-order chi connectivity index (χ0) is 12.1. The average Bonchev–Trinajstić information content (AvgIpc) is 2.73. The predicted molar refractivity (Wildman–Crippen MR) is 70.6 cm³/mol. The first-order valence-electron chi connectivity index (χ1n) is 5.88. The second-order valence-corrected chi connectivity index (χ2v) is 4.44. The van der Waals surface area contributed by atoms with Crippen molar-refractivity contribution < 1.29 is 4.79 Å². The van der Waals surface area contributed by atoms with E-state index in [0.717, 1.165) is 27.6 Å². The molecule has 3 aromatic rings. The van der Waals surface area contributed by atoms with Crippen molar-refractivity contribution in [1.82, 2.24) is 4.98 Å². The van der Waals surface area contributed by atoms with Crippen molar-refractivity contribution in [2.75, 3.05) is 0 Å². The maximum Gasteiger partial charge on any atom is 0.196 e. The Kier molecular flexibility index (Phi) is 1.73. The molecule has 2 heteroatoms. The monoisotopic (exact) mass is 231 g/mol. The molecule has 0 saturated carbocycles. The van der Waals surface area contributed by atoms with Crippen molar-refractivity contribution in [3.8, 4) is 11.3 Å². The average molecular weight is 231 g/mol. The number of carbonyl (C=O) groups excluding carboxylic acids is 1. The topological polar surface area (TPSA) is 30.0 Å². The molecule has 0 spiro atoms. The molecule has 0 fully saturated rings. The Bertz CT molecular complexity index is 805. The third-order valence-corrected chi connectivity index (χ3v) is 3.46. The van der Waals surface area contributed by atoms with Crippen LogP contribution >= 0.6 is 0 Å². The van der Waals surface area contributed by atoms with Gasteiger partial charge in [-0.25, -0.2) is 0 Å². The Morgan fingerprint density at radius 1 is 0.833 bits per heavy atom. The molecule has 0 atom stereocenters. The van der Waals surface area contributed by atoms with E-state index < -0.39 is 0 Å². The van der Waals surface area contributed by atoms with Gasteiger partial charge in [0.05, 0.1) is 5.69 Å². The lowest BCUT2D eigenvalue weighted by Crippen LogP contribution is -1.96. The predicted octanol–water partition coefficient (Wildman–Crippen LogP) is 3.45. The van der Waals surface area contributed by atoms with Crippen molar-refractivity contribution in [3.05, 3.63) is 65.9 Å². The molecular weight excluding hydrogens is 222 g/mol. The summed E-state index contributed by atoms with van der Waals surface area (Å²) in [6, 6.07) is 15.7. The maximum absolute atomic E-state index is 12.5. The molecule has 0 radical (unpaired) electrons. The number of aromatic nitrogens is 1. The Morgan fingerprint density at radius 3 is 2.67 bits per heavy atom. The van der Waals surface area contributed by atoms with Crippen LogP contribution in [0.1, 0.15) is 15.9 Å². The van der Waals surface area contributed by atoms with Gasteiger partial charge in [-0.05, 0) is 22.9 Å². The van der Waals surface area contributed by atoms with Crippen LogP contribution in [0.5, 0.6) is 0 Å². The summed E-state index contributed by atoms with van der Waals surface area (Å²) in [6.07, 6.45) is 1.73. The number of nitrogens with zero attached hydrogens (tertiary/aromatic N) is 1. The van der Waals surface area contributed by atoms with Crippen LogP contribution in [-0.2, 0) is 0 Å². The SMILES string of the molecule is O=C1c2cccnc2-c2ccc3ccccc3c21. The summed E-state index contributed by atoms with van der Waals surface area (Å²) in [7, 11) is 0. The van der Waals surface area contributed by atoms with Gasteiger partial charge < -0.3 is 0 Å². The van der Waals surface area contributed by atoms with Gasteiger partial charge in [-0.1, -0.05) is 36.4 Å². The highest BCUT2D eigenvalue weighted by atomic mass is 16.1. The molecule has 0 amide bonds. The number of benzene rings is 2. The largest absolute Gasteiger partial charge is 0.288 e. The van der Waals surface area contributed by atoms with Crippen LogP contribution in [-0.4, -0.2) is 10.8 Å². The van der Waals surface area contributed by atoms with E-state index in [9.17, 15) is 4.79 Å². The van der Waals surface area contributed by atoms with Gasteiger partial charge in [-0.3, -0.25) is 9.78 Å². The Morgan fingerprint density at radius 2 is 1.72 bits per heavy atom. The van der Waals surface area contributed by atoms with E-state index in [-0.39, 0.29) is 5.78 Å². The Balaban J connectivity index is 2.18. The standard InChI is InChI=1S/C16H9NO/c18-16-13-6-3-9-17-15(13)12-8-7-10-4-1-2-5-11(10)14(12)16/h1-9H. The molecule has 18 heavy (non-hydrogen) atoms. The van der Waals surface area contributed by atoms with Crippen molar-refractivity contribution >= 4 is 16.6 Å². The lowest BCUT2D eigenvalue weighted by atomic mass is 10.00. The summed E-state index contributed by atoms with van der Waals surface area (Å²) in [6.45, 7) is 0. The summed E-state index contributed by atoms with van der Waals surface area (Å²) in [5, 5.41) is 2.11. The van der Waals surface area contributed by atoms with Crippen LogP contribution in [0.4, 0.5) is 0 Å². The van der Waals surface area contributed by atoms with E-state index in [0.29, 0.717) is 5.56 Å². The molecule has 4 rings (SSSR count). The molecule has 2 aromatic carbocycles. The van der Waals surface area contributed by atoms with Crippen molar-refractivity contribution in [2.45, 2.75) is 0 Å². The van der Waals surface area contributed by atoms with Crippen molar-refractivity contribution in [2.24, 2.45) is 0 Å². The van der Waals surface area contributed by atoms with Gasteiger partial charge in [-0.15, -0.1) is 0 Å². The molecule has 1 aliphatic rings. The van der Waals surface area contributed by atoms with Gasteiger partial charge >= 0.3 is 0 Å². The first-order chi connectivity index (χ1) is 8.86. The normalized spacial score (nSPS) is 12.6. The third-order valence-electron chi connectivity index (χ3n) is 3.46. The number of fused-ring (bicyclic) bond motifs is 5. The first-order valence-corrected chi connectivity index (χ1v) is 5.88. The zero-order valence-electron chi connectivity index (χ0n) is 9.55. The minimum absolute atomic E-state index is 0.0879. The highest BCUT2D eigenvalue weighted by molar-refractivity contribution is 6.26. The van der Waals surface area contributed by atoms with Crippen LogP contribution in [0.2, 0.25) is 0 Å². The van der Waals surface area contributed by atoms with E-state index in [1.165, 1.54) is 0 Å². The van der Waals surface area contributed by atoms with Crippen LogP contribution in [0.25, 0.3) is 22.0 Å². The molecule has 0 unspecified atom stereocenters. The van der Waals surface area contributed by atoms with Crippen molar-refractivity contribution in [3.63, 3.8) is 0 Å². The van der Waals surface area contributed by atoms with Gasteiger partial charge in [-0.2, -0.15) is 0 Å². The second kappa shape index (κ2) is 3.26. The quantitative estimate of drug-likeness (QED) is 0.464. The van der Waals surface area contributed by atoms with E-state index in [4.69, 9.17) is 0 Å². The fourth-order valence-electron chi connectivity index (χ4n) is 2.65. The summed E-state index contributed by atoms with van der Waals surface area (Å²) in [5.41, 5.74) is 3.27. The molecular formula is C16H9NO. The zero-order valence-corrected chi connectivity index (χ0v) is 9.55. The molecule has 1 heterocycles. The van der Waals surface area contributed by atoms with E-state index in [1.807, 2.05) is 48.5 Å². The van der Waals surface area contributed by atoms with Crippen LogP contribution in [0.15, 0.2) is 54.7 Å². The minimum atomic E-state index is 0.0879. The maximum atomic E-state index is 12.5. The number of hydrogen-bond acceptors (Lipinski definition) is 2. The second-order valence-electron chi connectivity index (χ2n) is 4.44. The summed E-state index contributed by atoms with van der Waals surface area (Å²) >= 11 is 0. The van der Waals surface area contributed by atoms with Gasteiger partial charge in [0.2, 0.25) is 0 Å². The van der Waals surface area contributed by atoms with Gasteiger partial charge in [0, 0.05) is 22.9 Å². The van der Waals surface area contributed by atoms with E-state index in [1.54, 1.807) is 6.20 Å². The van der Waals surface area contributed by atoms with Crippen LogP contribution in [0.3, 0.4) is 0 Å².